The van der Waals surface area contributed by atoms with Crippen LogP contribution in [0.1, 0.15) is 13.3 Å². The lowest BCUT2D eigenvalue weighted by molar-refractivity contribution is -0.115. The molecule has 1 amide bonds. The molecule has 0 aromatic heterocycles. The molecule has 0 aliphatic heterocycles. The molecular formula is C10H13FN2O3S. The second-order valence-electron chi connectivity index (χ2n) is 3.47. The number of amides is 1. The monoisotopic (exact) mass is 260 g/mol. The third kappa shape index (κ3) is 4.39. The fourth-order valence-corrected chi connectivity index (χ4v) is 1.69. The Balaban J connectivity index is 2.98. The largest absolute Gasteiger partial charge is 0.326 e. The van der Waals surface area contributed by atoms with Crippen LogP contribution in [0, 0.1) is 5.82 Å². The van der Waals surface area contributed by atoms with E-state index in [0.717, 1.165) is 12.3 Å². The molecule has 1 aromatic carbocycles. The van der Waals surface area contributed by atoms with Crippen LogP contribution in [0.3, 0.4) is 0 Å². The Morgan fingerprint density at radius 1 is 1.41 bits per heavy atom. The zero-order chi connectivity index (χ0) is 13.1. The lowest BCUT2D eigenvalue weighted by Crippen LogP contribution is -2.13. The first-order valence-corrected chi connectivity index (χ1v) is 6.78. The van der Waals surface area contributed by atoms with E-state index >= 15 is 0 Å². The van der Waals surface area contributed by atoms with Crippen LogP contribution in [0.15, 0.2) is 18.2 Å². The predicted molar refractivity (Wildman–Crippen MR) is 63.8 cm³/mol. The first-order chi connectivity index (χ1) is 7.81. The van der Waals surface area contributed by atoms with Crippen LogP contribution in [0.5, 0.6) is 0 Å². The number of hydrogen-bond donors (Lipinski definition) is 2. The fourth-order valence-electron chi connectivity index (χ4n) is 1.13. The van der Waals surface area contributed by atoms with Crippen LogP contribution in [0.4, 0.5) is 15.8 Å². The highest BCUT2D eigenvalue weighted by Gasteiger charge is 2.09. The molecule has 2 N–H and O–H groups in total. The Kier molecular flexibility index (Phi) is 4.06. The minimum absolute atomic E-state index is 0.193. The topological polar surface area (TPSA) is 75.3 Å². The number of benzene rings is 1. The van der Waals surface area contributed by atoms with E-state index in [-0.39, 0.29) is 18.0 Å². The van der Waals surface area contributed by atoms with Gasteiger partial charge in [0.15, 0.2) is 0 Å². The third-order valence-electron chi connectivity index (χ3n) is 1.87. The molecule has 0 aliphatic carbocycles. The summed E-state index contributed by atoms with van der Waals surface area (Å²) in [6, 6.07) is 3.67. The Morgan fingerprint density at radius 2 is 2.06 bits per heavy atom. The van der Waals surface area contributed by atoms with Gasteiger partial charge in [0, 0.05) is 12.1 Å². The van der Waals surface area contributed by atoms with Crippen LogP contribution in [-0.2, 0) is 14.8 Å². The number of halogens is 1. The minimum Gasteiger partial charge on any atom is -0.326 e. The number of carbonyl (C=O) groups is 1. The average Bonchev–Trinajstić information content (AvgIpc) is 2.21. The maximum absolute atomic E-state index is 13.3. The van der Waals surface area contributed by atoms with Gasteiger partial charge in [-0.2, -0.15) is 0 Å². The first kappa shape index (κ1) is 13.4. The van der Waals surface area contributed by atoms with E-state index in [1.54, 1.807) is 6.92 Å². The highest BCUT2D eigenvalue weighted by Crippen LogP contribution is 2.20. The molecule has 1 aromatic rings. The van der Waals surface area contributed by atoms with Crippen molar-refractivity contribution in [2.45, 2.75) is 13.3 Å². The Morgan fingerprint density at radius 3 is 2.59 bits per heavy atom. The van der Waals surface area contributed by atoms with Crippen LogP contribution in [0.25, 0.3) is 0 Å². The molecule has 0 aliphatic rings. The number of carbonyl (C=O) groups excluding carboxylic acids is 1. The van der Waals surface area contributed by atoms with Crippen molar-refractivity contribution in [3.05, 3.63) is 24.0 Å². The van der Waals surface area contributed by atoms with Crippen LogP contribution in [0.2, 0.25) is 0 Å². The van der Waals surface area contributed by atoms with Gasteiger partial charge in [-0.3, -0.25) is 9.52 Å². The first-order valence-electron chi connectivity index (χ1n) is 4.89. The van der Waals surface area contributed by atoms with E-state index in [2.05, 4.69) is 5.32 Å². The highest BCUT2D eigenvalue weighted by molar-refractivity contribution is 7.92. The fraction of sp³-hybridized carbons (Fsp3) is 0.300. The Labute approximate surface area is 99.1 Å². The molecule has 94 valence electrons. The molecule has 0 bridgehead atoms. The maximum Gasteiger partial charge on any atom is 0.229 e. The maximum atomic E-state index is 13.3. The lowest BCUT2D eigenvalue weighted by atomic mass is 10.2. The number of hydrogen-bond acceptors (Lipinski definition) is 3. The van der Waals surface area contributed by atoms with E-state index < -0.39 is 15.8 Å². The van der Waals surface area contributed by atoms with E-state index in [9.17, 15) is 17.6 Å². The molecular weight excluding hydrogens is 247 g/mol. The molecule has 17 heavy (non-hydrogen) atoms. The minimum atomic E-state index is -3.55. The standard InChI is InChI=1S/C10H13FN2O3S/c1-3-10(14)12-7-4-5-8(11)9(6-7)13-17(2,15)16/h4-6,13H,3H2,1-2H3,(H,12,14). The molecule has 0 radical (unpaired) electrons. The summed E-state index contributed by atoms with van der Waals surface area (Å²) in [7, 11) is -3.55. The number of anilines is 2. The summed E-state index contributed by atoms with van der Waals surface area (Å²) >= 11 is 0. The van der Waals surface area contributed by atoms with Crippen molar-refractivity contribution in [1.82, 2.24) is 0 Å². The van der Waals surface area contributed by atoms with Crippen molar-refractivity contribution in [1.29, 1.82) is 0 Å². The zero-order valence-corrected chi connectivity index (χ0v) is 10.3. The van der Waals surface area contributed by atoms with Gasteiger partial charge in [0.05, 0.1) is 11.9 Å². The Hall–Kier alpha value is -1.63. The summed E-state index contributed by atoms with van der Waals surface area (Å²) in [5.74, 6) is -0.938. The number of rotatable bonds is 4. The Bertz CT molecular complexity index is 528. The molecule has 0 saturated heterocycles. The van der Waals surface area contributed by atoms with E-state index in [1.807, 2.05) is 4.72 Å². The SMILES string of the molecule is CCC(=O)Nc1ccc(F)c(NS(C)(=O)=O)c1. The van der Waals surface area contributed by atoms with Crippen LogP contribution >= 0.6 is 0 Å². The molecule has 0 unspecified atom stereocenters. The second-order valence-corrected chi connectivity index (χ2v) is 5.22. The smallest absolute Gasteiger partial charge is 0.229 e. The molecule has 0 atom stereocenters. The van der Waals surface area contributed by atoms with Gasteiger partial charge < -0.3 is 5.32 Å². The summed E-state index contributed by atoms with van der Waals surface area (Å²) < 4.78 is 37.3. The second kappa shape index (κ2) is 5.13. The molecule has 1 rings (SSSR count). The van der Waals surface area contributed by atoms with Crippen LogP contribution in [-0.4, -0.2) is 20.6 Å². The average molecular weight is 260 g/mol. The summed E-state index contributed by atoms with van der Waals surface area (Å²) in [6.45, 7) is 1.68. The molecule has 0 saturated carbocycles. The molecule has 7 heteroatoms. The predicted octanol–water partition coefficient (Wildman–Crippen LogP) is 1.55. The third-order valence-corrected chi connectivity index (χ3v) is 2.46. The highest BCUT2D eigenvalue weighted by atomic mass is 32.2. The quantitative estimate of drug-likeness (QED) is 0.862. The van der Waals surface area contributed by atoms with Crippen LogP contribution < -0.4 is 10.0 Å². The van der Waals surface area contributed by atoms with E-state index in [4.69, 9.17) is 0 Å². The molecule has 5 nitrogen and oxygen atoms in total. The number of sulfonamides is 1. The molecule has 0 spiro atoms. The van der Waals surface area contributed by atoms with Crippen molar-refractivity contribution in [2.24, 2.45) is 0 Å². The van der Waals surface area contributed by atoms with Crippen molar-refractivity contribution in [3.8, 4) is 0 Å². The molecule has 0 fully saturated rings. The summed E-state index contributed by atoms with van der Waals surface area (Å²) in [5, 5.41) is 2.50. The van der Waals surface area contributed by atoms with Crippen molar-refractivity contribution < 1.29 is 17.6 Å². The summed E-state index contributed by atoms with van der Waals surface area (Å²) in [6.07, 6.45) is 1.20. The lowest BCUT2D eigenvalue weighted by Gasteiger charge is -2.08. The van der Waals surface area contributed by atoms with Gasteiger partial charge in [-0.1, -0.05) is 6.92 Å². The van der Waals surface area contributed by atoms with Gasteiger partial charge in [-0.15, -0.1) is 0 Å². The van der Waals surface area contributed by atoms with Gasteiger partial charge in [0.25, 0.3) is 0 Å². The summed E-state index contributed by atoms with van der Waals surface area (Å²) in [4.78, 5) is 11.1. The van der Waals surface area contributed by atoms with Crippen molar-refractivity contribution in [3.63, 3.8) is 0 Å². The van der Waals surface area contributed by atoms with Gasteiger partial charge >= 0.3 is 0 Å². The van der Waals surface area contributed by atoms with Gasteiger partial charge in [-0.05, 0) is 18.2 Å². The normalized spacial score (nSPS) is 11.0. The zero-order valence-electron chi connectivity index (χ0n) is 9.45. The van der Waals surface area contributed by atoms with E-state index in [1.165, 1.54) is 12.1 Å². The summed E-state index contributed by atoms with van der Waals surface area (Å²) in [5.41, 5.74) is 0.144. The van der Waals surface area contributed by atoms with E-state index in [0.29, 0.717) is 5.69 Å². The van der Waals surface area contributed by atoms with Crippen molar-refractivity contribution >= 4 is 27.3 Å². The van der Waals surface area contributed by atoms with Gasteiger partial charge in [-0.25, -0.2) is 12.8 Å². The number of nitrogens with one attached hydrogen (secondary N) is 2. The van der Waals surface area contributed by atoms with Crippen molar-refractivity contribution in [2.75, 3.05) is 16.3 Å². The molecule has 0 heterocycles. The van der Waals surface area contributed by atoms with Gasteiger partial charge in [0.2, 0.25) is 15.9 Å². The van der Waals surface area contributed by atoms with Gasteiger partial charge in [0.1, 0.15) is 5.82 Å².